The van der Waals surface area contributed by atoms with E-state index in [1.807, 2.05) is 24.3 Å². The van der Waals surface area contributed by atoms with Gasteiger partial charge < -0.3 is 5.73 Å². The van der Waals surface area contributed by atoms with Gasteiger partial charge in [0.2, 0.25) is 0 Å². The third kappa shape index (κ3) is 4.77. The highest BCUT2D eigenvalue weighted by Crippen LogP contribution is 2.13. The molecule has 0 saturated heterocycles. The van der Waals surface area contributed by atoms with Crippen molar-refractivity contribution in [3.63, 3.8) is 0 Å². The number of halogens is 1. The van der Waals surface area contributed by atoms with E-state index in [2.05, 4.69) is 15.9 Å². The molecule has 1 aromatic rings. The lowest BCUT2D eigenvalue weighted by atomic mass is 10.2. The van der Waals surface area contributed by atoms with Gasteiger partial charge in [0.15, 0.2) is 9.84 Å². The Hall–Kier alpha value is -0.390. The molecule has 0 atom stereocenters. The smallest absolute Gasteiger partial charge is 0.154 e. The van der Waals surface area contributed by atoms with Crippen molar-refractivity contribution in [1.82, 2.24) is 0 Å². The highest BCUT2D eigenvalue weighted by atomic mass is 79.9. The number of rotatable bonds is 5. The van der Waals surface area contributed by atoms with E-state index < -0.39 is 9.84 Å². The van der Waals surface area contributed by atoms with Crippen LogP contribution in [0.5, 0.6) is 0 Å². The van der Waals surface area contributed by atoms with E-state index in [1.165, 1.54) is 0 Å². The third-order valence-electron chi connectivity index (χ3n) is 1.96. The zero-order valence-electron chi connectivity index (χ0n) is 8.32. The molecule has 84 valence electrons. The van der Waals surface area contributed by atoms with Crippen LogP contribution in [0.4, 0.5) is 0 Å². The van der Waals surface area contributed by atoms with Gasteiger partial charge in [-0.3, -0.25) is 0 Å². The Morgan fingerprint density at radius 1 is 1.20 bits per heavy atom. The quantitative estimate of drug-likeness (QED) is 0.898. The van der Waals surface area contributed by atoms with Crippen molar-refractivity contribution >= 4 is 25.8 Å². The monoisotopic (exact) mass is 291 g/mol. The van der Waals surface area contributed by atoms with Crippen LogP contribution in [-0.2, 0) is 15.6 Å². The summed E-state index contributed by atoms with van der Waals surface area (Å²) in [5.74, 6) is 0.264. The summed E-state index contributed by atoms with van der Waals surface area (Å²) in [4.78, 5) is 0. The molecule has 0 aliphatic carbocycles. The van der Waals surface area contributed by atoms with Crippen LogP contribution < -0.4 is 5.73 Å². The van der Waals surface area contributed by atoms with Gasteiger partial charge >= 0.3 is 0 Å². The molecule has 0 amide bonds. The molecule has 0 aliphatic heterocycles. The van der Waals surface area contributed by atoms with Gasteiger partial charge in [0.25, 0.3) is 0 Å². The van der Waals surface area contributed by atoms with E-state index in [-0.39, 0.29) is 11.5 Å². The van der Waals surface area contributed by atoms with Crippen LogP contribution in [0.1, 0.15) is 12.0 Å². The fourth-order valence-corrected chi connectivity index (χ4v) is 2.93. The SMILES string of the molecule is NCCCS(=O)(=O)Cc1ccc(Br)cc1. The van der Waals surface area contributed by atoms with E-state index in [9.17, 15) is 8.42 Å². The van der Waals surface area contributed by atoms with Crippen LogP contribution in [0, 0.1) is 0 Å². The Labute approximate surface area is 98.7 Å². The maximum Gasteiger partial charge on any atom is 0.154 e. The van der Waals surface area contributed by atoms with Crippen LogP contribution >= 0.6 is 15.9 Å². The first kappa shape index (κ1) is 12.7. The molecule has 3 nitrogen and oxygen atoms in total. The number of benzene rings is 1. The largest absolute Gasteiger partial charge is 0.330 e. The molecule has 0 bridgehead atoms. The average molecular weight is 292 g/mol. The second-order valence-corrected chi connectivity index (χ2v) is 6.46. The van der Waals surface area contributed by atoms with E-state index >= 15 is 0 Å². The predicted octanol–water partition coefficient (Wildman–Crippen LogP) is 1.71. The van der Waals surface area contributed by atoms with E-state index in [4.69, 9.17) is 5.73 Å². The molecule has 0 spiro atoms. The van der Waals surface area contributed by atoms with Gasteiger partial charge in [0.1, 0.15) is 0 Å². The van der Waals surface area contributed by atoms with Crippen molar-refractivity contribution < 1.29 is 8.42 Å². The number of hydrogen-bond donors (Lipinski definition) is 1. The molecule has 0 fully saturated rings. The first-order chi connectivity index (χ1) is 7.03. The summed E-state index contributed by atoms with van der Waals surface area (Å²) >= 11 is 3.30. The summed E-state index contributed by atoms with van der Waals surface area (Å²) in [5.41, 5.74) is 6.09. The summed E-state index contributed by atoms with van der Waals surface area (Å²) in [6.45, 7) is 0.416. The Kier molecular flexibility index (Phi) is 4.76. The Morgan fingerprint density at radius 3 is 2.33 bits per heavy atom. The van der Waals surface area contributed by atoms with Crippen molar-refractivity contribution in [3.05, 3.63) is 34.3 Å². The molecule has 0 heterocycles. The van der Waals surface area contributed by atoms with E-state index in [0.29, 0.717) is 13.0 Å². The lowest BCUT2D eigenvalue weighted by molar-refractivity contribution is 0.593. The molecule has 0 aromatic heterocycles. The summed E-state index contributed by atoms with van der Waals surface area (Å²) in [5, 5.41) is 0. The normalized spacial score (nSPS) is 11.6. The lowest BCUT2D eigenvalue weighted by Crippen LogP contribution is -2.13. The van der Waals surface area contributed by atoms with Gasteiger partial charge in [0, 0.05) is 4.47 Å². The summed E-state index contributed by atoms with van der Waals surface area (Å²) < 4.78 is 24.1. The second-order valence-electron chi connectivity index (χ2n) is 3.36. The van der Waals surface area contributed by atoms with Crippen molar-refractivity contribution in [3.8, 4) is 0 Å². The van der Waals surface area contributed by atoms with Gasteiger partial charge in [-0.05, 0) is 30.7 Å². The molecule has 0 unspecified atom stereocenters. The molecule has 5 heteroatoms. The van der Waals surface area contributed by atoms with E-state index in [0.717, 1.165) is 10.0 Å². The van der Waals surface area contributed by atoms with Crippen molar-refractivity contribution in [2.24, 2.45) is 5.73 Å². The molecule has 0 saturated carbocycles. The zero-order valence-corrected chi connectivity index (χ0v) is 10.7. The van der Waals surface area contributed by atoms with Crippen LogP contribution in [-0.4, -0.2) is 20.7 Å². The lowest BCUT2D eigenvalue weighted by Gasteiger charge is -2.03. The standard InChI is InChI=1S/C10H14BrNO2S/c11-10-4-2-9(3-5-10)8-15(13,14)7-1-6-12/h2-5H,1,6-8,12H2. The molecule has 1 rings (SSSR count). The maximum absolute atomic E-state index is 11.6. The molecular weight excluding hydrogens is 278 g/mol. The highest BCUT2D eigenvalue weighted by Gasteiger charge is 2.10. The molecular formula is C10H14BrNO2S. The van der Waals surface area contributed by atoms with Crippen LogP contribution in [0.15, 0.2) is 28.7 Å². The molecule has 2 N–H and O–H groups in total. The summed E-state index contributed by atoms with van der Waals surface area (Å²) in [6, 6.07) is 7.30. The van der Waals surface area contributed by atoms with Gasteiger partial charge in [-0.2, -0.15) is 0 Å². The summed E-state index contributed by atoms with van der Waals surface area (Å²) in [7, 11) is -3.00. The van der Waals surface area contributed by atoms with E-state index in [1.54, 1.807) is 0 Å². The van der Waals surface area contributed by atoms with Crippen molar-refractivity contribution in [2.45, 2.75) is 12.2 Å². The van der Waals surface area contributed by atoms with Gasteiger partial charge in [0.05, 0.1) is 11.5 Å². The minimum Gasteiger partial charge on any atom is -0.330 e. The minimum atomic E-state index is -3.00. The second kappa shape index (κ2) is 5.63. The third-order valence-corrected chi connectivity index (χ3v) is 4.17. The first-order valence-electron chi connectivity index (χ1n) is 4.68. The highest BCUT2D eigenvalue weighted by molar-refractivity contribution is 9.10. The van der Waals surface area contributed by atoms with Crippen molar-refractivity contribution in [2.75, 3.05) is 12.3 Å². The topological polar surface area (TPSA) is 60.2 Å². The fourth-order valence-electron chi connectivity index (χ4n) is 1.21. The fraction of sp³-hybridized carbons (Fsp3) is 0.400. The number of sulfone groups is 1. The number of hydrogen-bond acceptors (Lipinski definition) is 3. The van der Waals surface area contributed by atoms with Crippen molar-refractivity contribution in [1.29, 1.82) is 0 Å². The van der Waals surface area contributed by atoms with Gasteiger partial charge in [-0.1, -0.05) is 28.1 Å². The average Bonchev–Trinajstić information content (AvgIpc) is 2.18. The molecule has 0 aliphatic rings. The molecule has 1 aromatic carbocycles. The predicted molar refractivity (Wildman–Crippen MR) is 65.3 cm³/mol. The van der Waals surface area contributed by atoms with Gasteiger partial charge in [-0.15, -0.1) is 0 Å². The van der Waals surface area contributed by atoms with Crippen LogP contribution in [0.2, 0.25) is 0 Å². The minimum absolute atomic E-state index is 0.0975. The Morgan fingerprint density at radius 2 is 1.80 bits per heavy atom. The Bertz CT molecular complexity index is 400. The van der Waals surface area contributed by atoms with Gasteiger partial charge in [-0.25, -0.2) is 8.42 Å². The number of nitrogens with two attached hydrogens (primary N) is 1. The zero-order chi connectivity index (χ0) is 11.3. The summed E-state index contributed by atoms with van der Waals surface area (Å²) in [6.07, 6.45) is 0.527. The van der Waals surface area contributed by atoms with Crippen LogP contribution in [0.25, 0.3) is 0 Å². The van der Waals surface area contributed by atoms with Crippen LogP contribution in [0.3, 0.4) is 0 Å². The Balaban J connectivity index is 2.65. The molecule has 0 radical (unpaired) electrons. The first-order valence-corrected chi connectivity index (χ1v) is 7.30. The molecule has 15 heavy (non-hydrogen) atoms. The maximum atomic E-state index is 11.6.